The van der Waals surface area contributed by atoms with Gasteiger partial charge in [0.15, 0.2) is 44.7 Å². The third kappa shape index (κ3) is 12.6. The summed E-state index contributed by atoms with van der Waals surface area (Å²) >= 11 is 0. The third-order valence-corrected chi connectivity index (χ3v) is 30.4. The van der Waals surface area contributed by atoms with Gasteiger partial charge in [0, 0.05) is 132 Å². The Labute approximate surface area is 823 Å². The standard InChI is InChI=1S/C132H86N4O8/c1-74(2)79-39-47-89(48-40-79)133(113-32-18-27-99-95-23-8-14-35-117(95)137-125(99)113)91-51-43-81-66-106-102-55-56-103-107-67-82-44-52-92(63-86(82)71-122(107)142-130(103)129(102)141-121(106)70-85(81)62-91)134(114-33-19-28-100-96-24-9-15-36-118(96)138-126(100)114)90-49-41-80(42-50-90)77(5)59-78-60-110-98-26-11-17-38-120(98)140-128(110)116(61-78)136(112-31-13-7-22-76(112)4)94-54-46-84-69-109-105-58-57-104-108-68-83-45-53-93(64-87(83)72-123(108)143-131(104)132(105)144-124(109)73-88(84)65-94)135(111-30-12-6-21-75(111)3)115-34-20-29-101-97-25-10-16-37-119(97)139-127(101)115/h6-58,60-74,77H,59H2,1-5H3. The number of hydrogen-bond donors (Lipinski definition) is 0. The van der Waals surface area contributed by atoms with Crippen LogP contribution in [-0.4, -0.2) is 0 Å². The molecule has 0 amide bonds. The van der Waals surface area contributed by atoms with Crippen LogP contribution in [0.1, 0.15) is 60.4 Å². The SMILES string of the molecule is Cc1ccccc1N(c1ccc2cc3c(cc2c1)oc1c3ccc2c3cc4ccc(N(c5ccccc5C)c5cc(CC(C)c6ccc(N(c7ccc8cc9c(cc8c7)oc7c9ccc8c9cc%10ccc(N(c%11ccc(C(C)C)cc%11)c%11cccc%12c%11oc%11ccccc%11%12)cc%10cc9oc87)c7cccc8c7oc7ccccc78)cc6)cc6c5oc5ccccc56)cc4cc3oc21)c1cccc2c1oc1ccccc12. The summed E-state index contributed by atoms with van der Waals surface area (Å²) in [5.41, 5.74) is 30.4. The molecule has 30 rings (SSSR count). The largest absolute Gasteiger partial charge is 0.454 e. The van der Waals surface area contributed by atoms with Gasteiger partial charge in [0.25, 0.3) is 0 Å². The van der Waals surface area contributed by atoms with Gasteiger partial charge in [-0.15, -0.1) is 0 Å². The first-order valence-electron chi connectivity index (χ1n) is 49.4. The minimum absolute atomic E-state index is 0.0772. The van der Waals surface area contributed by atoms with E-state index < -0.39 is 0 Å². The second-order valence-corrected chi connectivity index (χ2v) is 39.3. The summed E-state index contributed by atoms with van der Waals surface area (Å²) in [4.78, 5) is 9.37. The number of rotatable bonds is 16. The zero-order valence-corrected chi connectivity index (χ0v) is 79.1. The van der Waals surface area contributed by atoms with Crippen molar-refractivity contribution in [2.75, 3.05) is 19.6 Å². The van der Waals surface area contributed by atoms with E-state index in [1.54, 1.807) is 0 Å². The Morgan fingerprint density at radius 1 is 0.181 bits per heavy atom. The van der Waals surface area contributed by atoms with Gasteiger partial charge in [0.05, 0.1) is 22.7 Å². The van der Waals surface area contributed by atoms with E-state index in [0.717, 1.165) is 282 Å². The molecule has 1 atom stereocenters. The van der Waals surface area contributed by atoms with Crippen molar-refractivity contribution in [2.45, 2.75) is 52.9 Å². The Balaban J connectivity index is 0.485. The smallest absolute Gasteiger partial charge is 0.178 e. The van der Waals surface area contributed by atoms with E-state index in [1.807, 2.05) is 30.3 Å². The lowest BCUT2D eigenvalue weighted by Gasteiger charge is -2.28. The van der Waals surface area contributed by atoms with E-state index in [1.165, 1.54) is 16.7 Å². The highest BCUT2D eigenvalue weighted by molar-refractivity contribution is 6.25. The molecule has 0 spiro atoms. The molecule has 0 fully saturated rings. The number of benzene rings is 22. The van der Waals surface area contributed by atoms with Crippen molar-refractivity contribution in [1.29, 1.82) is 0 Å². The second kappa shape index (κ2) is 31.2. The minimum Gasteiger partial charge on any atom is -0.454 e. The van der Waals surface area contributed by atoms with Crippen molar-refractivity contribution in [1.82, 2.24) is 0 Å². The zero-order valence-electron chi connectivity index (χ0n) is 79.1. The average Bonchev–Trinajstić information content (AvgIpc) is 1.57. The minimum atomic E-state index is 0.0772. The summed E-state index contributed by atoms with van der Waals surface area (Å²) in [6, 6.07) is 146. The number of fused-ring (bicyclic) bond motifs is 30. The van der Waals surface area contributed by atoms with Crippen molar-refractivity contribution in [3.8, 4) is 0 Å². The van der Waals surface area contributed by atoms with Crippen LogP contribution < -0.4 is 19.6 Å². The van der Waals surface area contributed by atoms with Gasteiger partial charge in [-0.2, -0.15) is 0 Å². The Morgan fingerprint density at radius 3 is 0.819 bits per heavy atom. The van der Waals surface area contributed by atoms with Gasteiger partial charge in [-0.3, -0.25) is 0 Å². The molecule has 12 heteroatoms. The molecule has 22 aromatic carbocycles. The van der Waals surface area contributed by atoms with Crippen LogP contribution in [0.2, 0.25) is 0 Å². The van der Waals surface area contributed by atoms with Gasteiger partial charge in [-0.05, 0) is 315 Å². The van der Waals surface area contributed by atoms with Crippen LogP contribution in [0.4, 0.5) is 68.2 Å². The van der Waals surface area contributed by atoms with Crippen LogP contribution in [-0.2, 0) is 6.42 Å². The van der Waals surface area contributed by atoms with Crippen LogP contribution in [0, 0.1) is 13.8 Å². The average molecular weight is 1860 g/mol. The van der Waals surface area contributed by atoms with Crippen molar-refractivity contribution >= 4 is 287 Å². The van der Waals surface area contributed by atoms with Crippen LogP contribution in [0.5, 0.6) is 0 Å². The molecule has 12 nitrogen and oxygen atoms in total. The van der Waals surface area contributed by atoms with E-state index >= 15 is 0 Å². The molecular formula is C132H86N4O8. The highest BCUT2D eigenvalue weighted by Gasteiger charge is 2.31. The van der Waals surface area contributed by atoms with Crippen molar-refractivity contribution in [3.05, 3.63) is 434 Å². The third-order valence-electron chi connectivity index (χ3n) is 30.4. The molecule has 682 valence electrons. The van der Waals surface area contributed by atoms with E-state index in [0.29, 0.717) is 28.2 Å². The van der Waals surface area contributed by atoms with E-state index in [9.17, 15) is 0 Å². The maximum absolute atomic E-state index is 7.11. The number of furan rings is 8. The molecular weight excluding hydrogens is 1770 g/mol. The maximum Gasteiger partial charge on any atom is 0.178 e. The highest BCUT2D eigenvalue weighted by atomic mass is 16.4. The Hall–Kier alpha value is -18.5. The zero-order chi connectivity index (χ0) is 95.1. The molecule has 0 saturated carbocycles. The van der Waals surface area contributed by atoms with Crippen LogP contribution >= 0.6 is 0 Å². The molecule has 0 saturated heterocycles. The number of anilines is 12. The Morgan fingerprint density at radius 2 is 0.458 bits per heavy atom. The topological polar surface area (TPSA) is 118 Å². The predicted molar refractivity (Wildman–Crippen MR) is 596 cm³/mol. The lowest BCUT2D eigenvalue weighted by molar-refractivity contribution is 0.634. The summed E-state index contributed by atoms with van der Waals surface area (Å²) in [6.45, 7) is 11.2. The predicted octanol–water partition coefficient (Wildman–Crippen LogP) is 39.5. The summed E-state index contributed by atoms with van der Waals surface area (Å²) < 4.78 is 55.8. The van der Waals surface area contributed by atoms with E-state index in [4.69, 9.17) is 35.3 Å². The molecule has 144 heavy (non-hydrogen) atoms. The monoisotopic (exact) mass is 1850 g/mol. The summed E-state index contributed by atoms with van der Waals surface area (Å²) in [5, 5.41) is 25.1. The molecule has 0 aliphatic carbocycles. The van der Waals surface area contributed by atoms with Gasteiger partial charge < -0.3 is 54.9 Å². The molecule has 0 aliphatic heterocycles. The van der Waals surface area contributed by atoms with E-state index in [-0.39, 0.29) is 5.92 Å². The molecule has 0 bridgehead atoms. The van der Waals surface area contributed by atoms with Crippen LogP contribution in [0.3, 0.4) is 0 Å². The summed E-state index contributed by atoms with van der Waals surface area (Å²) in [7, 11) is 0. The molecule has 8 aromatic heterocycles. The Bertz CT molecular complexity index is 10700. The Kier molecular flexibility index (Phi) is 17.7. The van der Waals surface area contributed by atoms with Gasteiger partial charge >= 0.3 is 0 Å². The van der Waals surface area contributed by atoms with Crippen molar-refractivity contribution in [2.24, 2.45) is 0 Å². The number of aryl methyl sites for hydroxylation is 2. The van der Waals surface area contributed by atoms with Crippen molar-refractivity contribution < 1.29 is 35.3 Å². The number of hydrogen-bond acceptors (Lipinski definition) is 12. The van der Waals surface area contributed by atoms with Gasteiger partial charge in [-0.1, -0.05) is 215 Å². The summed E-state index contributed by atoms with van der Waals surface area (Å²) in [5.74, 6) is 0.469. The number of para-hydroxylation sites is 9. The van der Waals surface area contributed by atoms with Gasteiger partial charge in [0.2, 0.25) is 0 Å². The molecule has 0 N–H and O–H groups in total. The maximum atomic E-state index is 7.11. The lowest BCUT2D eigenvalue weighted by atomic mass is 9.92. The van der Waals surface area contributed by atoms with Gasteiger partial charge in [0.1, 0.15) is 44.7 Å². The van der Waals surface area contributed by atoms with E-state index in [2.05, 4.69) is 430 Å². The molecule has 30 aromatic rings. The molecule has 0 radical (unpaired) electrons. The quantitative estimate of drug-likeness (QED) is 0.0916. The molecule has 8 heterocycles. The first-order valence-corrected chi connectivity index (χ1v) is 49.4. The van der Waals surface area contributed by atoms with Crippen LogP contribution in [0.15, 0.2) is 442 Å². The van der Waals surface area contributed by atoms with Crippen molar-refractivity contribution in [3.63, 3.8) is 0 Å². The first kappa shape index (κ1) is 81.5. The number of nitrogens with zero attached hydrogens (tertiary/aromatic N) is 4. The molecule has 1 unspecified atom stereocenters. The van der Waals surface area contributed by atoms with Gasteiger partial charge in [-0.25, -0.2) is 0 Å². The lowest BCUT2D eigenvalue weighted by Crippen LogP contribution is -2.12. The first-order chi connectivity index (χ1) is 70.8. The highest BCUT2D eigenvalue weighted by Crippen LogP contribution is 2.54. The normalized spacial score (nSPS) is 12.5. The summed E-state index contributed by atoms with van der Waals surface area (Å²) in [6.07, 6.45) is 0.734. The fourth-order valence-corrected chi connectivity index (χ4v) is 23.2. The second-order valence-electron chi connectivity index (χ2n) is 39.3. The fraction of sp³-hybridized carbons (Fsp3) is 0.0606. The molecule has 0 aliphatic rings. The van der Waals surface area contributed by atoms with Crippen LogP contribution in [0.25, 0.3) is 219 Å². The fourth-order valence-electron chi connectivity index (χ4n) is 23.2.